The average molecular weight is 281 g/mol. The highest BCUT2D eigenvalue weighted by Gasteiger charge is 2.29. The van der Waals surface area contributed by atoms with Gasteiger partial charge in [-0.05, 0) is 22.8 Å². The first-order valence-electron chi connectivity index (χ1n) is 7.55. The van der Waals surface area contributed by atoms with Gasteiger partial charge in [-0.1, -0.05) is 56.3 Å². The van der Waals surface area contributed by atoms with Crippen molar-refractivity contribution in [3.05, 3.63) is 65.2 Å². The Morgan fingerprint density at radius 1 is 1.14 bits per heavy atom. The van der Waals surface area contributed by atoms with Crippen molar-refractivity contribution in [2.75, 3.05) is 19.0 Å². The van der Waals surface area contributed by atoms with Crippen LogP contribution in [0.2, 0.25) is 0 Å². The van der Waals surface area contributed by atoms with E-state index < -0.39 is 0 Å². The van der Waals surface area contributed by atoms with E-state index in [1.165, 1.54) is 22.4 Å². The van der Waals surface area contributed by atoms with E-state index >= 15 is 0 Å². The number of benzene rings is 2. The minimum absolute atomic E-state index is 0.113. The second-order valence-electron chi connectivity index (χ2n) is 6.46. The first-order valence-corrected chi connectivity index (χ1v) is 7.55. The number of hydrogen-bond acceptors (Lipinski definition) is 2. The predicted molar refractivity (Wildman–Crippen MR) is 87.9 cm³/mol. The van der Waals surface area contributed by atoms with Crippen molar-refractivity contribution in [2.45, 2.75) is 31.8 Å². The molecule has 1 aliphatic heterocycles. The molecule has 2 nitrogen and oxygen atoms in total. The van der Waals surface area contributed by atoms with Crippen LogP contribution in [0.1, 0.15) is 36.6 Å². The maximum Gasteiger partial charge on any atom is 0.0861 e. The van der Waals surface area contributed by atoms with Crippen molar-refractivity contribution < 1.29 is 4.74 Å². The molecule has 2 aromatic carbocycles. The Bertz CT molecular complexity index is 619. The fraction of sp³-hybridized carbons (Fsp3) is 0.368. The molecule has 0 amide bonds. The van der Waals surface area contributed by atoms with Crippen LogP contribution in [0.5, 0.6) is 0 Å². The fourth-order valence-electron chi connectivity index (χ4n) is 3.06. The molecule has 1 unspecified atom stereocenters. The van der Waals surface area contributed by atoms with Gasteiger partial charge in [0.2, 0.25) is 0 Å². The highest BCUT2D eigenvalue weighted by atomic mass is 16.5. The Labute approximate surface area is 127 Å². The molecule has 1 aliphatic rings. The highest BCUT2D eigenvalue weighted by Crippen LogP contribution is 2.37. The molecular weight excluding hydrogens is 258 g/mol. The number of fused-ring (bicyclic) bond motifs is 1. The van der Waals surface area contributed by atoms with Gasteiger partial charge >= 0.3 is 0 Å². The quantitative estimate of drug-likeness (QED) is 0.901. The van der Waals surface area contributed by atoms with Crippen molar-refractivity contribution in [3.8, 4) is 0 Å². The number of hydrogen-bond donors (Lipinski definition) is 1. The Kier molecular flexibility index (Phi) is 3.73. The van der Waals surface area contributed by atoms with E-state index in [4.69, 9.17) is 4.74 Å². The van der Waals surface area contributed by atoms with Gasteiger partial charge in [0.25, 0.3) is 0 Å². The van der Waals surface area contributed by atoms with Gasteiger partial charge in [-0.2, -0.15) is 0 Å². The van der Waals surface area contributed by atoms with Crippen LogP contribution in [0.4, 0.5) is 5.69 Å². The molecule has 110 valence electrons. The zero-order valence-corrected chi connectivity index (χ0v) is 13.0. The molecule has 1 N–H and O–H groups in total. The van der Waals surface area contributed by atoms with Crippen LogP contribution in [-0.4, -0.2) is 13.7 Å². The van der Waals surface area contributed by atoms with E-state index in [1.54, 1.807) is 7.11 Å². The van der Waals surface area contributed by atoms with Gasteiger partial charge in [0.05, 0.1) is 6.10 Å². The zero-order valence-electron chi connectivity index (χ0n) is 13.0. The van der Waals surface area contributed by atoms with Crippen molar-refractivity contribution in [2.24, 2.45) is 0 Å². The van der Waals surface area contributed by atoms with E-state index in [2.05, 4.69) is 61.6 Å². The molecule has 2 heteroatoms. The van der Waals surface area contributed by atoms with Crippen LogP contribution in [0.3, 0.4) is 0 Å². The molecule has 0 aromatic heterocycles. The standard InChI is InChI=1S/C19H23NO/c1-19(2)13-20-17-10-9-14(11-16(17)19)12-18(21-3)15-7-5-4-6-8-15/h4-11,18,20H,12-13H2,1-3H3. The SMILES string of the molecule is COC(Cc1ccc2c(c1)C(C)(C)CN2)c1ccccc1. The molecule has 1 atom stereocenters. The number of anilines is 1. The first kappa shape index (κ1) is 14.2. The summed E-state index contributed by atoms with van der Waals surface area (Å²) in [5, 5.41) is 3.49. The lowest BCUT2D eigenvalue weighted by molar-refractivity contribution is 0.104. The lowest BCUT2D eigenvalue weighted by atomic mass is 9.85. The Morgan fingerprint density at radius 2 is 1.90 bits per heavy atom. The number of rotatable bonds is 4. The first-order chi connectivity index (χ1) is 10.1. The maximum atomic E-state index is 5.70. The molecule has 1 heterocycles. The van der Waals surface area contributed by atoms with E-state index in [9.17, 15) is 0 Å². The summed E-state index contributed by atoms with van der Waals surface area (Å²) < 4.78 is 5.70. The lowest BCUT2D eigenvalue weighted by Gasteiger charge is -2.20. The molecular formula is C19H23NO. The third-order valence-corrected chi connectivity index (χ3v) is 4.41. The second-order valence-corrected chi connectivity index (χ2v) is 6.46. The minimum Gasteiger partial charge on any atom is -0.384 e. The summed E-state index contributed by atoms with van der Waals surface area (Å²) in [7, 11) is 1.79. The number of nitrogens with one attached hydrogen (secondary N) is 1. The van der Waals surface area contributed by atoms with Gasteiger partial charge in [-0.25, -0.2) is 0 Å². The monoisotopic (exact) mass is 281 g/mol. The Morgan fingerprint density at radius 3 is 2.62 bits per heavy atom. The molecule has 3 rings (SSSR count). The summed E-state index contributed by atoms with van der Waals surface area (Å²) in [6.07, 6.45) is 1.02. The number of ether oxygens (including phenoxy) is 1. The summed E-state index contributed by atoms with van der Waals surface area (Å²) >= 11 is 0. The smallest absolute Gasteiger partial charge is 0.0861 e. The summed E-state index contributed by atoms with van der Waals surface area (Å²) in [5.41, 5.74) is 5.47. The largest absolute Gasteiger partial charge is 0.384 e. The van der Waals surface area contributed by atoms with Gasteiger partial charge in [0.15, 0.2) is 0 Å². The van der Waals surface area contributed by atoms with Crippen LogP contribution in [0.15, 0.2) is 48.5 Å². The van der Waals surface area contributed by atoms with E-state index in [0.717, 1.165) is 13.0 Å². The van der Waals surface area contributed by atoms with Crippen LogP contribution in [-0.2, 0) is 16.6 Å². The van der Waals surface area contributed by atoms with Crippen LogP contribution in [0.25, 0.3) is 0 Å². The molecule has 0 fully saturated rings. The van der Waals surface area contributed by atoms with Crippen LogP contribution in [0, 0.1) is 0 Å². The maximum absolute atomic E-state index is 5.70. The van der Waals surface area contributed by atoms with Crippen molar-refractivity contribution in [3.63, 3.8) is 0 Å². The molecule has 0 saturated carbocycles. The lowest BCUT2D eigenvalue weighted by Crippen LogP contribution is -2.19. The van der Waals surface area contributed by atoms with E-state index in [-0.39, 0.29) is 11.5 Å². The van der Waals surface area contributed by atoms with Crippen LogP contribution >= 0.6 is 0 Å². The third kappa shape index (κ3) is 2.81. The molecule has 0 bridgehead atoms. The summed E-state index contributed by atoms with van der Waals surface area (Å²) in [6, 6.07) is 17.2. The summed E-state index contributed by atoms with van der Waals surface area (Å²) in [5.74, 6) is 0. The molecule has 0 spiro atoms. The number of methoxy groups -OCH3 is 1. The topological polar surface area (TPSA) is 21.3 Å². The fourth-order valence-corrected chi connectivity index (χ4v) is 3.06. The molecule has 0 radical (unpaired) electrons. The molecule has 21 heavy (non-hydrogen) atoms. The highest BCUT2D eigenvalue weighted by molar-refractivity contribution is 5.61. The van der Waals surface area contributed by atoms with Gasteiger partial charge in [-0.15, -0.1) is 0 Å². The summed E-state index contributed by atoms with van der Waals surface area (Å²) in [4.78, 5) is 0. The van der Waals surface area contributed by atoms with Crippen LogP contribution < -0.4 is 5.32 Å². The van der Waals surface area contributed by atoms with Crippen molar-refractivity contribution in [1.82, 2.24) is 0 Å². The van der Waals surface area contributed by atoms with Crippen molar-refractivity contribution >= 4 is 5.69 Å². The average Bonchev–Trinajstić information content (AvgIpc) is 2.81. The van der Waals surface area contributed by atoms with Gasteiger partial charge < -0.3 is 10.1 Å². The minimum atomic E-state index is 0.113. The molecule has 0 saturated heterocycles. The summed E-state index contributed by atoms with van der Waals surface area (Å²) in [6.45, 7) is 5.60. The van der Waals surface area contributed by atoms with Gasteiger partial charge in [0, 0.05) is 31.2 Å². The zero-order chi connectivity index (χ0) is 14.9. The Hall–Kier alpha value is -1.80. The van der Waals surface area contributed by atoms with E-state index in [1.807, 2.05) is 6.07 Å². The predicted octanol–water partition coefficient (Wildman–Crippen LogP) is 4.32. The second kappa shape index (κ2) is 5.53. The van der Waals surface area contributed by atoms with E-state index in [0.29, 0.717) is 0 Å². The molecule has 2 aromatic rings. The van der Waals surface area contributed by atoms with Gasteiger partial charge in [-0.3, -0.25) is 0 Å². The normalized spacial score (nSPS) is 17.1. The third-order valence-electron chi connectivity index (χ3n) is 4.41. The molecule has 0 aliphatic carbocycles. The van der Waals surface area contributed by atoms with Gasteiger partial charge in [0.1, 0.15) is 0 Å². The van der Waals surface area contributed by atoms with Crippen molar-refractivity contribution in [1.29, 1.82) is 0 Å². The Balaban J connectivity index is 1.85.